The molecule has 24 heavy (non-hydrogen) atoms. The fourth-order valence-corrected chi connectivity index (χ4v) is 2.67. The molecule has 0 radical (unpaired) electrons. The van der Waals surface area contributed by atoms with Gasteiger partial charge in [-0.2, -0.15) is 5.10 Å². The molecule has 0 saturated carbocycles. The van der Waals surface area contributed by atoms with E-state index in [1.165, 1.54) is 0 Å². The molecule has 1 fully saturated rings. The van der Waals surface area contributed by atoms with Crippen LogP contribution >= 0.6 is 0 Å². The Morgan fingerprint density at radius 2 is 1.79 bits per heavy atom. The average Bonchev–Trinajstić information content (AvgIpc) is 2.98. The number of aryl methyl sites for hydroxylation is 2. The SMILES string of the molecule is Cc1cc(OCc2ccn(C)n2)ccc1B1OC(C)(C)C(C)(C)O1. The Hall–Kier alpha value is -1.79. The van der Waals surface area contributed by atoms with Crippen LogP contribution < -0.4 is 10.2 Å². The lowest BCUT2D eigenvalue weighted by Gasteiger charge is -2.32. The number of aromatic nitrogens is 2. The Balaban J connectivity index is 1.71. The van der Waals surface area contributed by atoms with Crippen molar-refractivity contribution in [3.8, 4) is 5.75 Å². The molecule has 0 amide bonds. The quantitative estimate of drug-likeness (QED) is 0.810. The summed E-state index contributed by atoms with van der Waals surface area (Å²) in [4.78, 5) is 0. The van der Waals surface area contributed by atoms with Crippen molar-refractivity contribution >= 4 is 12.6 Å². The Morgan fingerprint density at radius 1 is 1.12 bits per heavy atom. The topological polar surface area (TPSA) is 45.5 Å². The molecule has 0 unspecified atom stereocenters. The summed E-state index contributed by atoms with van der Waals surface area (Å²) in [6.45, 7) is 10.8. The van der Waals surface area contributed by atoms with Crippen LogP contribution in [0.25, 0.3) is 0 Å². The van der Waals surface area contributed by atoms with Crippen LogP contribution in [-0.2, 0) is 23.0 Å². The molecule has 1 aliphatic rings. The van der Waals surface area contributed by atoms with E-state index in [1.807, 2.05) is 44.4 Å². The molecule has 2 heterocycles. The number of benzene rings is 1. The van der Waals surface area contributed by atoms with E-state index in [1.54, 1.807) is 4.68 Å². The zero-order valence-electron chi connectivity index (χ0n) is 15.3. The fraction of sp³-hybridized carbons (Fsp3) is 0.500. The third kappa shape index (κ3) is 3.21. The van der Waals surface area contributed by atoms with Crippen molar-refractivity contribution < 1.29 is 14.0 Å². The van der Waals surface area contributed by atoms with Crippen LogP contribution in [0.1, 0.15) is 39.0 Å². The van der Waals surface area contributed by atoms with Gasteiger partial charge in [-0.3, -0.25) is 4.68 Å². The Bertz CT molecular complexity index is 724. The molecule has 0 N–H and O–H groups in total. The van der Waals surface area contributed by atoms with Gasteiger partial charge in [0.25, 0.3) is 0 Å². The highest BCUT2D eigenvalue weighted by Gasteiger charge is 2.52. The minimum atomic E-state index is -0.347. The smallest absolute Gasteiger partial charge is 0.487 e. The first kappa shape index (κ1) is 17.1. The van der Waals surface area contributed by atoms with Crippen molar-refractivity contribution in [1.82, 2.24) is 9.78 Å². The van der Waals surface area contributed by atoms with Gasteiger partial charge in [-0.1, -0.05) is 6.07 Å². The molecular weight excluding hydrogens is 303 g/mol. The van der Waals surface area contributed by atoms with E-state index in [2.05, 4.69) is 32.8 Å². The van der Waals surface area contributed by atoms with Crippen LogP contribution in [0.3, 0.4) is 0 Å². The molecule has 128 valence electrons. The highest BCUT2D eigenvalue weighted by Crippen LogP contribution is 2.36. The summed E-state index contributed by atoms with van der Waals surface area (Å²) in [6, 6.07) is 7.94. The summed E-state index contributed by atoms with van der Waals surface area (Å²) in [7, 11) is 1.55. The molecule has 0 atom stereocenters. The Morgan fingerprint density at radius 3 is 2.33 bits per heavy atom. The molecule has 3 rings (SSSR count). The van der Waals surface area contributed by atoms with Gasteiger partial charge in [0.05, 0.1) is 16.9 Å². The van der Waals surface area contributed by atoms with E-state index in [9.17, 15) is 0 Å². The second-order valence-electron chi connectivity index (χ2n) is 7.38. The third-order valence-corrected chi connectivity index (χ3v) is 4.90. The first-order chi connectivity index (χ1) is 11.2. The van der Waals surface area contributed by atoms with Crippen LogP contribution in [0.5, 0.6) is 5.75 Å². The second-order valence-corrected chi connectivity index (χ2v) is 7.38. The van der Waals surface area contributed by atoms with E-state index >= 15 is 0 Å². The lowest BCUT2D eigenvalue weighted by Crippen LogP contribution is -2.41. The van der Waals surface area contributed by atoms with Crippen LogP contribution in [0, 0.1) is 6.92 Å². The molecule has 1 aromatic heterocycles. The van der Waals surface area contributed by atoms with Crippen molar-refractivity contribution in [2.75, 3.05) is 0 Å². The van der Waals surface area contributed by atoms with Crippen molar-refractivity contribution in [1.29, 1.82) is 0 Å². The standard InChI is InChI=1S/C18H25BN2O3/c1-13-11-15(22-12-14-9-10-21(6)20-14)7-8-16(13)19-23-17(2,3)18(4,5)24-19/h7-11H,12H2,1-6H3. The van der Waals surface area contributed by atoms with Gasteiger partial charge < -0.3 is 14.0 Å². The van der Waals surface area contributed by atoms with E-state index in [-0.39, 0.29) is 18.3 Å². The molecule has 0 bridgehead atoms. The van der Waals surface area contributed by atoms with Crippen molar-refractivity contribution in [2.24, 2.45) is 7.05 Å². The fourth-order valence-electron chi connectivity index (χ4n) is 2.67. The van der Waals surface area contributed by atoms with Crippen LogP contribution in [0.15, 0.2) is 30.5 Å². The first-order valence-electron chi connectivity index (χ1n) is 8.25. The van der Waals surface area contributed by atoms with E-state index in [0.29, 0.717) is 6.61 Å². The Kier molecular flexibility index (Phi) is 4.22. The summed E-state index contributed by atoms with van der Waals surface area (Å²) < 4.78 is 19.9. The van der Waals surface area contributed by atoms with Gasteiger partial charge in [0.15, 0.2) is 0 Å². The van der Waals surface area contributed by atoms with Gasteiger partial charge in [0, 0.05) is 13.2 Å². The summed E-state index contributed by atoms with van der Waals surface area (Å²) in [6.07, 6.45) is 1.91. The second kappa shape index (κ2) is 5.94. The molecular formula is C18H25BN2O3. The zero-order valence-corrected chi connectivity index (χ0v) is 15.3. The summed E-state index contributed by atoms with van der Waals surface area (Å²) in [5.74, 6) is 0.818. The summed E-state index contributed by atoms with van der Waals surface area (Å²) in [5, 5.41) is 4.31. The molecule has 0 aliphatic carbocycles. The number of hydrogen-bond acceptors (Lipinski definition) is 4. The molecule has 1 aliphatic heterocycles. The molecule has 2 aromatic rings. The lowest BCUT2D eigenvalue weighted by atomic mass is 9.76. The average molecular weight is 328 g/mol. The summed E-state index contributed by atoms with van der Waals surface area (Å²) >= 11 is 0. The molecule has 0 spiro atoms. The van der Waals surface area contributed by atoms with Crippen LogP contribution in [-0.4, -0.2) is 28.1 Å². The van der Waals surface area contributed by atoms with Crippen LogP contribution in [0.4, 0.5) is 0 Å². The number of nitrogens with zero attached hydrogens (tertiary/aromatic N) is 2. The van der Waals surface area contributed by atoms with Gasteiger partial charge in [0.2, 0.25) is 0 Å². The number of ether oxygens (including phenoxy) is 1. The number of rotatable bonds is 4. The minimum Gasteiger partial charge on any atom is -0.487 e. The van der Waals surface area contributed by atoms with Crippen molar-refractivity contribution in [2.45, 2.75) is 52.4 Å². The van der Waals surface area contributed by atoms with Gasteiger partial charge in [0.1, 0.15) is 12.4 Å². The highest BCUT2D eigenvalue weighted by molar-refractivity contribution is 6.62. The van der Waals surface area contributed by atoms with Gasteiger partial charge in [-0.25, -0.2) is 0 Å². The lowest BCUT2D eigenvalue weighted by molar-refractivity contribution is 0.00578. The first-order valence-corrected chi connectivity index (χ1v) is 8.25. The predicted molar refractivity (Wildman–Crippen MR) is 94.4 cm³/mol. The normalized spacial score (nSPS) is 18.8. The Labute approximate surface area is 144 Å². The zero-order chi connectivity index (χ0) is 17.5. The third-order valence-electron chi connectivity index (χ3n) is 4.90. The van der Waals surface area contributed by atoms with Crippen molar-refractivity contribution in [3.63, 3.8) is 0 Å². The van der Waals surface area contributed by atoms with Gasteiger partial charge in [-0.15, -0.1) is 0 Å². The van der Waals surface area contributed by atoms with E-state index in [0.717, 1.165) is 22.5 Å². The maximum absolute atomic E-state index is 6.13. The molecule has 1 saturated heterocycles. The van der Waals surface area contributed by atoms with Gasteiger partial charge >= 0.3 is 7.12 Å². The van der Waals surface area contributed by atoms with Crippen LogP contribution in [0.2, 0.25) is 0 Å². The predicted octanol–water partition coefficient (Wildman–Crippen LogP) is 2.61. The molecule has 5 nitrogen and oxygen atoms in total. The maximum atomic E-state index is 6.13. The van der Waals surface area contributed by atoms with E-state index < -0.39 is 0 Å². The van der Waals surface area contributed by atoms with Crippen molar-refractivity contribution in [3.05, 3.63) is 41.7 Å². The van der Waals surface area contributed by atoms with Gasteiger partial charge in [-0.05, 0) is 63.8 Å². The van der Waals surface area contributed by atoms with E-state index in [4.69, 9.17) is 14.0 Å². The summed E-state index contributed by atoms with van der Waals surface area (Å²) in [5.41, 5.74) is 2.37. The molecule has 1 aromatic carbocycles. The highest BCUT2D eigenvalue weighted by atomic mass is 16.7. The maximum Gasteiger partial charge on any atom is 0.495 e. The monoisotopic (exact) mass is 328 g/mol. The minimum absolute atomic E-state index is 0.335. The largest absolute Gasteiger partial charge is 0.495 e. The molecule has 6 heteroatoms. The number of hydrogen-bond donors (Lipinski definition) is 0.